The molecule has 2 heterocycles. The van der Waals surface area contributed by atoms with E-state index >= 15 is 0 Å². The average Bonchev–Trinajstić information content (AvgIpc) is 3.19. The third-order valence-corrected chi connectivity index (χ3v) is 5.29. The molecule has 0 atom stereocenters. The molecule has 0 radical (unpaired) electrons. The molecule has 25 heavy (non-hydrogen) atoms. The van der Waals surface area contributed by atoms with Gasteiger partial charge in [-0.2, -0.15) is 5.10 Å². The van der Waals surface area contributed by atoms with Gasteiger partial charge in [0.05, 0.1) is 4.88 Å². The van der Waals surface area contributed by atoms with E-state index in [1.165, 1.54) is 16.9 Å². The van der Waals surface area contributed by atoms with Crippen LogP contribution >= 0.6 is 11.3 Å². The molecule has 2 aromatic carbocycles. The molecule has 0 fully saturated rings. The van der Waals surface area contributed by atoms with Crippen molar-refractivity contribution in [1.82, 2.24) is 9.78 Å². The summed E-state index contributed by atoms with van der Waals surface area (Å²) in [7, 11) is 1.91. The number of carbonyl (C=O) groups is 1. The molecule has 4 rings (SSSR count). The predicted octanol–water partition coefficient (Wildman–Crippen LogP) is 4.86. The summed E-state index contributed by atoms with van der Waals surface area (Å²) < 4.78 is 1.84. The van der Waals surface area contributed by atoms with Crippen molar-refractivity contribution in [3.05, 3.63) is 71.1 Å². The molecule has 0 aliphatic rings. The highest BCUT2D eigenvalue weighted by Crippen LogP contribution is 2.33. The second-order valence-corrected chi connectivity index (χ2v) is 7.02. The number of carbonyl (C=O) groups excluding carboxylic acids is 1. The van der Waals surface area contributed by atoms with Gasteiger partial charge in [0.2, 0.25) is 0 Å². The van der Waals surface area contributed by atoms with Gasteiger partial charge < -0.3 is 5.32 Å². The van der Waals surface area contributed by atoms with Crippen LogP contribution in [-0.4, -0.2) is 15.7 Å². The van der Waals surface area contributed by atoms with Crippen LogP contribution in [0.4, 0.5) is 5.69 Å². The fourth-order valence-electron chi connectivity index (χ4n) is 2.79. The zero-order chi connectivity index (χ0) is 17.4. The van der Waals surface area contributed by atoms with Crippen LogP contribution in [0.2, 0.25) is 0 Å². The van der Waals surface area contributed by atoms with Gasteiger partial charge in [-0.1, -0.05) is 48.0 Å². The first-order chi connectivity index (χ1) is 12.1. The Morgan fingerprint density at radius 2 is 1.80 bits per heavy atom. The molecular weight excluding hydrogens is 330 g/mol. The lowest BCUT2D eigenvalue weighted by molar-refractivity contribution is 0.103. The molecule has 0 saturated carbocycles. The molecule has 1 amide bonds. The number of thiophene rings is 1. The summed E-state index contributed by atoms with van der Waals surface area (Å²) in [5.41, 5.74) is 3.92. The van der Waals surface area contributed by atoms with Crippen molar-refractivity contribution in [3.63, 3.8) is 0 Å². The van der Waals surface area contributed by atoms with Gasteiger partial charge in [0, 0.05) is 23.7 Å². The van der Waals surface area contributed by atoms with E-state index in [0.29, 0.717) is 4.88 Å². The zero-order valence-electron chi connectivity index (χ0n) is 14.0. The SMILES string of the molecule is Cc1ccc(NC(=O)c2cc3c(-c4ccccc4)nn(C)c3s2)cc1. The van der Waals surface area contributed by atoms with E-state index in [1.807, 2.05) is 79.3 Å². The van der Waals surface area contributed by atoms with E-state index < -0.39 is 0 Å². The number of anilines is 1. The van der Waals surface area contributed by atoms with Crippen molar-refractivity contribution < 1.29 is 4.79 Å². The highest BCUT2D eigenvalue weighted by molar-refractivity contribution is 7.20. The van der Waals surface area contributed by atoms with Crippen LogP contribution in [0, 0.1) is 6.92 Å². The van der Waals surface area contributed by atoms with Crippen LogP contribution in [0.3, 0.4) is 0 Å². The Kier molecular flexibility index (Phi) is 3.86. The first kappa shape index (κ1) is 15.6. The Morgan fingerprint density at radius 1 is 1.08 bits per heavy atom. The predicted molar refractivity (Wildman–Crippen MR) is 103 cm³/mol. The summed E-state index contributed by atoms with van der Waals surface area (Å²) in [5.74, 6) is -0.0935. The Labute approximate surface area is 149 Å². The van der Waals surface area contributed by atoms with Gasteiger partial charge in [0.1, 0.15) is 10.5 Å². The van der Waals surface area contributed by atoms with E-state index in [0.717, 1.165) is 27.2 Å². The number of aryl methyl sites for hydroxylation is 2. The summed E-state index contributed by atoms with van der Waals surface area (Å²) in [6.07, 6.45) is 0. The van der Waals surface area contributed by atoms with Crippen molar-refractivity contribution in [2.45, 2.75) is 6.92 Å². The molecular formula is C20H17N3OS. The number of aromatic nitrogens is 2. The first-order valence-electron chi connectivity index (χ1n) is 8.02. The fraction of sp³-hybridized carbons (Fsp3) is 0.100. The molecule has 2 aromatic heterocycles. The van der Waals surface area contributed by atoms with Crippen molar-refractivity contribution in [2.75, 3.05) is 5.32 Å². The van der Waals surface area contributed by atoms with E-state index in [4.69, 9.17) is 0 Å². The van der Waals surface area contributed by atoms with Gasteiger partial charge >= 0.3 is 0 Å². The lowest BCUT2D eigenvalue weighted by Crippen LogP contribution is -2.09. The average molecular weight is 347 g/mol. The number of amides is 1. The van der Waals surface area contributed by atoms with Gasteiger partial charge in [0.25, 0.3) is 5.91 Å². The summed E-state index contributed by atoms with van der Waals surface area (Å²) in [4.78, 5) is 14.3. The van der Waals surface area contributed by atoms with Crippen LogP contribution in [0.5, 0.6) is 0 Å². The van der Waals surface area contributed by atoms with Crippen LogP contribution < -0.4 is 5.32 Å². The Balaban J connectivity index is 1.69. The maximum absolute atomic E-state index is 12.6. The van der Waals surface area contributed by atoms with Crippen molar-refractivity contribution >= 4 is 33.1 Å². The van der Waals surface area contributed by atoms with Crippen LogP contribution in [0.15, 0.2) is 60.7 Å². The molecule has 1 N–H and O–H groups in total. The number of nitrogens with zero attached hydrogens (tertiary/aromatic N) is 2. The number of fused-ring (bicyclic) bond motifs is 1. The monoisotopic (exact) mass is 347 g/mol. The number of rotatable bonds is 3. The minimum atomic E-state index is -0.0935. The van der Waals surface area contributed by atoms with Crippen molar-refractivity contribution in [1.29, 1.82) is 0 Å². The van der Waals surface area contributed by atoms with Crippen LogP contribution in [-0.2, 0) is 7.05 Å². The molecule has 0 spiro atoms. The van der Waals surface area contributed by atoms with Gasteiger partial charge in [-0.15, -0.1) is 11.3 Å². The third-order valence-electron chi connectivity index (χ3n) is 4.09. The van der Waals surface area contributed by atoms with Gasteiger partial charge in [-0.25, -0.2) is 0 Å². The van der Waals surface area contributed by atoms with E-state index in [2.05, 4.69) is 10.4 Å². The normalized spacial score (nSPS) is 11.0. The summed E-state index contributed by atoms with van der Waals surface area (Å²) >= 11 is 1.46. The zero-order valence-corrected chi connectivity index (χ0v) is 14.8. The smallest absolute Gasteiger partial charge is 0.265 e. The number of benzene rings is 2. The maximum Gasteiger partial charge on any atom is 0.265 e. The number of hydrogen-bond donors (Lipinski definition) is 1. The molecule has 0 unspecified atom stereocenters. The van der Waals surface area contributed by atoms with Crippen molar-refractivity contribution in [3.8, 4) is 11.3 Å². The highest BCUT2D eigenvalue weighted by atomic mass is 32.1. The van der Waals surface area contributed by atoms with Gasteiger partial charge in [-0.05, 0) is 25.1 Å². The third kappa shape index (κ3) is 2.94. The first-order valence-corrected chi connectivity index (χ1v) is 8.83. The van der Waals surface area contributed by atoms with Gasteiger partial charge in [0.15, 0.2) is 0 Å². The molecule has 0 bridgehead atoms. The van der Waals surface area contributed by atoms with Crippen molar-refractivity contribution in [2.24, 2.45) is 7.05 Å². The standard InChI is InChI=1S/C20H17N3OS/c1-13-8-10-15(11-9-13)21-19(24)17-12-16-18(14-6-4-3-5-7-14)22-23(2)20(16)25-17/h3-12H,1-2H3,(H,21,24). The second kappa shape index (κ2) is 6.18. The van der Waals surface area contributed by atoms with E-state index in [1.54, 1.807) is 0 Å². The minimum Gasteiger partial charge on any atom is -0.321 e. The van der Waals surface area contributed by atoms with Crippen LogP contribution in [0.1, 0.15) is 15.2 Å². The quantitative estimate of drug-likeness (QED) is 0.575. The Hall–Kier alpha value is -2.92. The highest BCUT2D eigenvalue weighted by Gasteiger charge is 2.17. The molecule has 0 aliphatic heterocycles. The lowest BCUT2D eigenvalue weighted by atomic mass is 10.1. The molecule has 0 aliphatic carbocycles. The molecule has 5 heteroatoms. The fourth-order valence-corrected chi connectivity index (χ4v) is 3.76. The van der Waals surface area contributed by atoms with E-state index in [9.17, 15) is 4.79 Å². The minimum absolute atomic E-state index is 0.0935. The summed E-state index contributed by atoms with van der Waals surface area (Å²) in [6.45, 7) is 2.02. The molecule has 124 valence electrons. The maximum atomic E-state index is 12.6. The molecule has 4 aromatic rings. The van der Waals surface area contributed by atoms with Crippen LogP contribution in [0.25, 0.3) is 21.5 Å². The molecule has 4 nitrogen and oxygen atoms in total. The topological polar surface area (TPSA) is 46.9 Å². The summed E-state index contributed by atoms with van der Waals surface area (Å²) in [6, 6.07) is 19.8. The van der Waals surface area contributed by atoms with E-state index in [-0.39, 0.29) is 5.91 Å². The Morgan fingerprint density at radius 3 is 2.52 bits per heavy atom. The Bertz CT molecular complexity index is 1050. The largest absolute Gasteiger partial charge is 0.321 e. The molecule has 0 saturated heterocycles. The van der Waals surface area contributed by atoms with Gasteiger partial charge in [-0.3, -0.25) is 9.48 Å². The number of hydrogen-bond acceptors (Lipinski definition) is 3. The second-order valence-electron chi connectivity index (χ2n) is 5.99. The lowest BCUT2D eigenvalue weighted by Gasteiger charge is -2.03. The summed E-state index contributed by atoms with van der Waals surface area (Å²) in [5, 5.41) is 8.57. The number of nitrogens with one attached hydrogen (secondary N) is 1.